The molecule has 1 aliphatic heterocycles. The first-order valence-corrected chi connectivity index (χ1v) is 7.81. The van der Waals surface area contributed by atoms with Crippen LogP contribution in [0.15, 0.2) is 30.3 Å². The maximum Gasteiger partial charge on any atom is 0.0104 e. The van der Waals surface area contributed by atoms with Crippen molar-refractivity contribution in [3.8, 4) is 0 Å². The SMILES string of the molecule is CNC1CCCC1CN1CCC(c2ccccc2)C1. The fraction of sp³-hybridized carbons (Fsp3) is 0.647. The van der Waals surface area contributed by atoms with Crippen molar-refractivity contribution in [3.63, 3.8) is 0 Å². The van der Waals surface area contributed by atoms with Crippen molar-refractivity contribution < 1.29 is 0 Å². The summed E-state index contributed by atoms with van der Waals surface area (Å²) < 4.78 is 0. The van der Waals surface area contributed by atoms with Gasteiger partial charge in [0.2, 0.25) is 0 Å². The van der Waals surface area contributed by atoms with E-state index in [1.807, 2.05) is 0 Å². The lowest BCUT2D eigenvalue weighted by Gasteiger charge is -2.25. The zero-order chi connectivity index (χ0) is 13.1. The lowest BCUT2D eigenvalue weighted by molar-refractivity contribution is 0.254. The molecule has 0 amide bonds. The quantitative estimate of drug-likeness (QED) is 0.893. The summed E-state index contributed by atoms with van der Waals surface area (Å²) in [7, 11) is 2.12. The lowest BCUT2D eigenvalue weighted by atomic mass is 9.98. The van der Waals surface area contributed by atoms with E-state index in [0.29, 0.717) is 0 Å². The zero-order valence-electron chi connectivity index (χ0n) is 12.0. The standard InChI is InChI=1S/C17H26N2/c1-18-17-9-5-8-16(17)13-19-11-10-15(12-19)14-6-3-2-4-7-14/h2-4,6-7,15-18H,5,8-13H2,1H3. The van der Waals surface area contributed by atoms with Crippen LogP contribution in [0, 0.1) is 5.92 Å². The van der Waals surface area contributed by atoms with E-state index in [1.165, 1.54) is 50.9 Å². The first kappa shape index (κ1) is 13.1. The van der Waals surface area contributed by atoms with E-state index in [4.69, 9.17) is 0 Å². The van der Waals surface area contributed by atoms with Gasteiger partial charge in [-0.25, -0.2) is 0 Å². The third kappa shape index (κ3) is 3.01. The summed E-state index contributed by atoms with van der Waals surface area (Å²) in [5, 5.41) is 3.50. The summed E-state index contributed by atoms with van der Waals surface area (Å²) in [6, 6.07) is 11.8. The molecule has 3 rings (SSSR count). The average Bonchev–Trinajstić information content (AvgIpc) is 3.09. The van der Waals surface area contributed by atoms with Crippen molar-refractivity contribution >= 4 is 0 Å². The molecule has 1 aliphatic carbocycles. The molecule has 1 heterocycles. The molecular weight excluding hydrogens is 232 g/mol. The largest absolute Gasteiger partial charge is 0.317 e. The number of likely N-dealkylation sites (tertiary alicyclic amines) is 1. The molecule has 2 nitrogen and oxygen atoms in total. The second-order valence-corrected chi connectivity index (χ2v) is 6.24. The summed E-state index contributed by atoms with van der Waals surface area (Å²) in [5.41, 5.74) is 1.53. The molecule has 1 aromatic rings. The highest BCUT2D eigenvalue weighted by molar-refractivity contribution is 5.21. The van der Waals surface area contributed by atoms with Crippen LogP contribution >= 0.6 is 0 Å². The molecule has 2 fully saturated rings. The van der Waals surface area contributed by atoms with Crippen molar-refractivity contribution in [2.75, 3.05) is 26.7 Å². The van der Waals surface area contributed by atoms with E-state index in [-0.39, 0.29) is 0 Å². The Morgan fingerprint density at radius 1 is 1.16 bits per heavy atom. The highest BCUT2D eigenvalue weighted by atomic mass is 15.2. The Morgan fingerprint density at radius 2 is 2.00 bits per heavy atom. The van der Waals surface area contributed by atoms with Crippen LogP contribution in [0.4, 0.5) is 0 Å². The third-order valence-corrected chi connectivity index (χ3v) is 5.07. The number of hydrogen-bond donors (Lipinski definition) is 1. The van der Waals surface area contributed by atoms with Gasteiger partial charge in [-0.3, -0.25) is 0 Å². The highest BCUT2D eigenvalue weighted by Crippen LogP contribution is 2.31. The summed E-state index contributed by atoms with van der Waals surface area (Å²) in [6.45, 7) is 3.85. The Hall–Kier alpha value is -0.860. The normalized spacial score (nSPS) is 31.9. The first-order valence-electron chi connectivity index (χ1n) is 7.81. The average molecular weight is 258 g/mol. The third-order valence-electron chi connectivity index (χ3n) is 5.07. The van der Waals surface area contributed by atoms with E-state index in [2.05, 4.69) is 47.6 Å². The molecular formula is C17H26N2. The van der Waals surface area contributed by atoms with Crippen LogP contribution in [-0.4, -0.2) is 37.6 Å². The van der Waals surface area contributed by atoms with Crippen LogP contribution < -0.4 is 5.32 Å². The van der Waals surface area contributed by atoms with E-state index < -0.39 is 0 Å². The molecule has 3 unspecified atom stereocenters. The zero-order valence-corrected chi connectivity index (χ0v) is 12.0. The van der Waals surface area contributed by atoms with E-state index in [9.17, 15) is 0 Å². The van der Waals surface area contributed by atoms with Crippen molar-refractivity contribution in [2.24, 2.45) is 5.92 Å². The molecule has 0 radical (unpaired) electrons. The number of hydrogen-bond acceptors (Lipinski definition) is 2. The predicted molar refractivity (Wildman–Crippen MR) is 80.4 cm³/mol. The minimum Gasteiger partial charge on any atom is -0.317 e. The Balaban J connectivity index is 1.55. The molecule has 2 aliphatic rings. The topological polar surface area (TPSA) is 15.3 Å². The molecule has 0 spiro atoms. The summed E-state index contributed by atoms with van der Waals surface area (Å²) in [5.74, 6) is 1.63. The Bertz CT molecular complexity index is 390. The minimum absolute atomic E-state index is 0.760. The summed E-state index contributed by atoms with van der Waals surface area (Å²) >= 11 is 0. The van der Waals surface area contributed by atoms with Gasteiger partial charge in [0.05, 0.1) is 0 Å². The maximum absolute atomic E-state index is 3.50. The Kier molecular flexibility index (Phi) is 4.19. The van der Waals surface area contributed by atoms with Gasteiger partial charge in [0, 0.05) is 19.1 Å². The minimum atomic E-state index is 0.760. The number of nitrogens with one attached hydrogen (secondary N) is 1. The highest BCUT2D eigenvalue weighted by Gasteiger charge is 2.30. The Labute approximate surface area is 117 Å². The Morgan fingerprint density at radius 3 is 2.79 bits per heavy atom. The molecule has 1 saturated heterocycles. The first-order chi connectivity index (χ1) is 9.36. The predicted octanol–water partition coefficient (Wildman–Crippen LogP) is 2.86. The van der Waals surface area contributed by atoms with Crippen LogP contribution in [-0.2, 0) is 0 Å². The molecule has 1 aromatic carbocycles. The fourth-order valence-corrected chi connectivity index (χ4v) is 3.96. The van der Waals surface area contributed by atoms with Gasteiger partial charge in [-0.05, 0) is 50.3 Å². The number of rotatable bonds is 4. The molecule has 1 saturated carbocycles. The van der Waals surface area contributed by atoms with Gasteiger partial charge in [-0.15, -0.1) is 0 Å². The molecule has 2 heteroatoms. The molecule has 1 N–H and O–H groups in total. The molecule has 0 aromatic heterocycles. The van der Waals surface area contributed by atoms with Crippen molar-refractivity contribution in [1.82, 2.24) is 10.2 Å². The van der Waals surface area contributed by atoms with Crippen molar-refractivity contribution in [1.29, 1.82) is 0 Å². The van der Waals surface area contributed by atoms with Crippen LogP contribution in [0.3, 0.4) is 0 Å². The van der Waals surface area contributed by atoms with Gasteiger partial charge in [-0.2, -0.15) is 0 Å². The summed E-state index contributed by atoms with van der Waals surface area (Å²) in [4.78, 5) is 2.69. The monoisotopic (exact) mass is 258 g/mol. The van der Waals surface area contributed by atoms with Gasteiger partial charge in [0.15, 0.2) is 0 Å². The van der Waals surface area contributed by atoms with Gasteiger partial charge < -0.3 is 10.2 Å². The maximum atomic E-state index is 3.50. The van der Waals surface area contributed by atoms with Crippen LogP contribution in [0.1, 0.15) is 37.2 Å². The van der Waals surface area contributed by atoms with Gasteiger partial charge >= 0.3 is 0 Å². The van der Waals surface area contributed by atoms with E-state index >= 15 is 0 Å². The second-order valence-electron chi connectivity index (χ2n) is 6.24. The van der Waals surface area contributed by atoms with Crippen LogP contribution in [0.2, 0.25) is 0 Å². The van der Waals surface area contributed by atoms with Gasteiger partial charge in [0.1, 0.15) is 0 Å². The number of nitrogens with zero attached hydrogens (tertiary/aromatic N) is 1. The second kappa shape index (κ2) is 6.06. The number of benzene rings is 1. The van der Waals surface area contributed by atoms with Crippen molar-refractivity contribution in [2.45, 2.75) is 37.6 Å². The van der Waals surface area contributed by atoms with Gasteiger partial charge in [0.25, 0.3) is 0 Å². The van der Waals surface area contributed by atoms with Crippen LogP contribution in [0.25, 0.3) is 0 Å². The van der Waals surface area contributed by atoms with Crippen molar-refractivity contribution in [3.05, 3.63) is 35.9 Å². The lowest BCUT2D eigenvalue weighted by Crippen LogP contribution is -2.37. The molecule has 3 atom stereocenters. The molecule has 104 valence electrons. The molecule has 19 heavy (non-hydrogen) atoms. The van der Waals surface area contributed by atoms with E-state index in [1.54, 1.807) is 0 Å². The fourth-order valence-electron chi connectivity index (χ4n) is 3.96. The van der Waals surface area contributed by atoms with E-state index in [0.717, 1.165) is 17.9 Å². The van der Waals surface area contributed by atoms with Crippen LogP contribution in [0.5, 0.6) is 0 Å². The van der Waals surface area contributed by atoms with Gasteiger partial charge in [-0.1, -0.05) is 36.8 Å². The molecule has 0 bridgehead atoms. The smallest absolute Gasteiger partial charge is 0.0104 e. The summed E-state index contributed by atoms with van der Waals surface area (Å²) in [6.07, 6.45) is 5.53.